The number of nitrogens with two attached hydrogens (primary N) is 1. The third-order valence-electron chi connectivity index (χ3n) is 2.95. The summed E-state index contributed by atoms with van der Waals surface area (Å²) in [6, 6.07) is 7.37. The highest BCUT2D eigenvalue weighted by Crippen LogP contribution is 2.29. The summed E-state index contributed by atoms with van der Waals surface area (Å²) < 4.78 is 38.8. The molecule has 0 spiro atoms. The van der Waals surface area contributed by atoms with Gasteiger partial charge in [0.05, 0.1) is 0 Å². The molecular formula is C12H10F3N5S. The average Bonchev–Trinajstić information content (AvgIpc) is 2.96. The van der Waals surface area contributed by atoms with Gasteiger partial charge in [0.1, 0.15) is 5.01 Å². The Labute approximate surface area is 121 Å². The number of hydrogen-bond donors (Lipinski definition) is 1. The second-order valence-corrected chi connectivity index (χ2v) is 5.45. The van der Waals surface area contributed by atoms with E-state index in [1.807, 2.05) is 18.2 Å². The summed E-state index contributed by atoms with van der Waals surface area (Å²) in [5.41, 5.74) is 7.44. The van der Waals surface area contributed by atoms with Crippen LogP contribution in [0.25, 0.3) is 4.96 Å². The van der Waals surface area contributed by atoms with Gasteiger partial charge in [0, 0.05) is 12.1 Å². The zero-order chi connectivity index (χ0) is 15.0. The summed E-state index contributed by atoms with van der Waals surface area (Å²) in [4.78, 5) is 0.137. The van der Waals surface area contributed by atoms with Gasteiger partial charge >= 0.3 is 6.18 Å². The molecule has 3 rings (SSSR count). The van der Waals surface area contributed by atoms with Gasteiger partial charge in [0.15, 0.2) is 0 Å². The van der Waals surface area contributed by atoms with Crippen molar-refractivity contribution in [3.63, 3.8) is 0 Å². The van der Waals surface area contributed by atoms with Gasteiger partial charge in [0.25, 0.3) is 5.82 Å². The molecule has 110 valence electrons. The number of aryl methyl sites for hydroxylation is 2. The van der Waals surface area contributed by atoms with E-state index in [4.69, 9.17) is 5.73 Å². The number of fused-ring (bicyclic) bond motifs is 1. The Balaban J connectivity index is 1.83. The molecule has 2 N–H and O–H groups in total. The fraction of sp³-hybridized carbons (Fsp3) is 0.250. The molecule has 3 aromatic rings. The number of alkyl halides is 3. The van der Waals surface area contributed by atoms with E-state index < -0.39 is 12.0 Å². The predicted octanol–water partition coefficient (Wildman–Crippen LogP) is 2.57. The number of benzene rings is 1. The van der Waals surface area contributed by atoms with Crippen LogP contribution in [0.1, 0.15) is 16.4 Å². The molecule has 9 heteroatoms. The Morgan fingerprint density at radius 3 is 2.62 bits per heavy atom. The number of halogens is 3. The van der Waals surface area contributed by atoms with Gasteiger partial charge in [-0.2, -0.15) is 22.8 Å². The first-order chi connectivity index (χ1) is 9.95. The number of para-hydroxylation sites is 1. The number of anilines is 1. The van der Waals surface area contributed by atoms with Crippen molar-refractivity contribution in [2.45, 2.75) is 19.0 Å². The molecule has 0 saturated heterocycles. The molecule has 0 saturated carbocycles. The second kappa shape index (κ2) is 4.99. The summed E-state index contributed by atoms with van der Waals surface area (Å²) in [5, 5.41) is 11.1. The Morgan fingerprint density at radius 1 is 1.14 bits per heavy atom. The van der Waals surface area contributed by atoms with Crippen LogP contribution in [0.15, 0.2) is 24.3 Å². The number of rotatable bonds is 3. The molecule has 0 fully saturated rings. The molecule has 0 bridgehead atoms. The van der Waals surface area contributed by atoms with Crippen LogP contribution in [0.3, 0.4) is 0 Å². The van der Waals surface area contributed by atoms with Gasteiger partial charge in [-0.15, -0.1) is 10.2 Å². The number of aromatic nitrogens is 4. The molecule has 0 aliphatic heterocycles. The van der Waals surface area contributed by atoms with E-state index in [-0.39, 0.29) is 4.96 Å². The lowest BCUT2D eigenvalue weighted by Crippen LogP contribution is -2.11. The topological polar surface area (TPSA) is 69.1 Å². The van der Waals surface area contributed by atoms with Crippen LogP contribution in [0.2, 0.25) is 0 Å². The summed E-state index contributed by atoms with van der Waals surface area (Å²) in [7, 11) is 0. The van der Waals surface area contributed by atoms with Crippen LogP contribution in [-0.4, -0.2) is 19.8 Å². The van der Waals surface area contributed by atoms with Crippen molar-refractivity contribution in [2.24, 2.45) is 0 Å². The smallest absolute Gasteiger partial charge is 0.399 e. The summed E-state index contributed by atoms with van der Waals surface area (Å²) in [5.74, 6) is -1.10. The zero-order valence-corrected chi connectivity index (χ0v) is 11.4. The zero-order valence-electron chi connectivity index (χ0n) is 10.6. The highest BCUT2D eigenvalue weighted by Gasteiger charge is 2.38. The third kappa shape index (κ3) is 2.68. The quantitative estimate of drug-likeness (QED) is 0.755. The van der Waals surface area contributed by atoms with Crippen LogP contribution in [0.5, 0.6) is 0 Å². The molecule has 2 heterocycles. The van der Waals surface area contributed by atoms with Crippen LogP contribution in [0, 0.1) is 0 Å². The lowest BCUT2D eigenvalue weighted by atomic mass is 10.1. The van der Waals surface area contributed by atoms with Crippen molar-refractivity contribution >= 4 is 22.0 Å². The maximum absolute atomic E-state index is 12.7. The van der Waals surface area contributed by atoms with Crippen LogP contribution >= 0.6 is 11.3 Å². The van der Waals surface area contributed by atoms with E-state index in [0.717, 1.165) is 21.4 Å². The van der Waals surface area contributed by atoms with Crippen molar-refractivity contribution in [2.75, 3.05) is 5.73 Å². The van der Waals surface area contributed by atoms with E-state index in [1.165, 1.54) is 0 Å². The van der Waals surface area contributed by atoms with Crippen molar-refractivity contribution in [3.05, 3.63) is 40.7 Å². The molecule has 0 radical (unpaired) electrons. The average molecular weight is 313 g/mol. The van der Waals surface area contributed by atoms with Gasteiger partial charge in [-0.25, -0.2) is 0 Å². The normalized spacial score (nSPS) is 12.1. The van der Waals surface area contributed by atoms with E-state index in [0.29, 0.717) is 23.5 Å². The molecule has 0 amide bonds. The molecule has 0 unspecified atom stereocenters. The van der Waals surface area contributed by atoms with Crippen LogP contribution < -0.4 is 5.73 Å². The molecule has 0 aliphatic carbocycles. The first-order valence-electron chi connectivity index (χ1n) is 6.07. The lowest BCUT2D eigenvalue weighted by Gasteiger charge is -2.03. The Kier molecular flexibility index (Phi) is 3.28. The first kappa shape index (κ1) is 13.8. The minimum Gasteiger partial charge on any atom is -0.399 e. The van der Waals surface area contributed by atoms with E-state index >= 15 is 0 Å². The SMILES string of the molecule is Nc1ccccc1CCc1nn2c(C(F)(F)F)nnc2s1. The Hall–Kier alpha value is -2.16. The van der Waals surface area contributed by atoms with Crippen LogP contribution in [-0.2, 0) is 19.0 Å². The Morgan fingerprint density at radius 2 is 1.90 bits per heavy atom. The highest BCUT2D eigenvalue weighted by atomic mass is 32.1. The Bertz CT molecular complexity index is 777. The maximum Gasteiger partial charge on any atom is 0.453 e. The fourth-order valence-corrected chi connectivity index (χ4v) is 2.77. The molecule has 5 nitrogen and oxygen atoms in total. The summed E-state index contributed by atoms with van der Waals surface area (Å²) in [6.07, 6.45) is -3.45. The van der Waals surface area contributed by atoms with Gasteiger partial charge in [0.2, 0.25) is 4.96 Å². The molecule has 0 atom stereocenters. The summed E-state index contributed by atoms with van der Waals surface area (Å²) in [6.45, 7) is 0. The van der Waals surface area contributed by atoms with E-state index in [2.05, 4.69) is 15.3 Å². The standard InChI is InChI=1S/C12H10F3N5S/c13-12(14,15)10-17-18-11-20(10)19-9(21-11)6-5-7-3-1-2-4-8(7)16/h1-4H,5-6,16H2. The lowest BCUT2D eigenvalue weighted by molar-refractivity contribution is -0.146. The van der Waals surface area contributed by atoms with Gasteiger partial charge < -0.3 is 5.73 Å². The van der Waals surface area contributed by atoms with Crippen molar-refractivity contribution in [1.29, 1.82) is 0 Å². The molecule has 2 aromatic heterocycles. The van der Waals surface area contributed by atoms with E-state index in [9.17, 15) is 13.2 Å². The first-order valence-corrected chi connectivity index (χ1v) is 6.88. The van der Waals surface area contributed by atoms with Gasteiger partial charge in [-0.3, -0.25) is 0 Å². The largest absolute Gasteiger partial charge is 0.453 e. The summed E-state index contributed by atoms with van der Waals surface area (Å²) >= 11 is 1.10. The number of nitrogen functional groups attached to an aromatic ring is 1. The maximum atomic E-state index is 12.7. The van der Waals surface area contributed by atoms with Gasteiger partial charge in [-0.1, -0.05) is 29.5 Å². The fourth-order valence-electron chi connectivity index (χ4n) is 1.94. The second-order valence-electron chi connectivity index (χ2n) is 4.41. The molecule has 21 heavy (non-hydrogen) atoms. The van der Waals surface area contributed by atoms with Crippen molar-refractivity contribution < 1.29 is 13.2 Å². The van der Waals surface area contributed by atoms with E-state index in [1.54, 1.807) is 6.07 Å². The van der Waals surface area contributed by atoms with Gasteiger partial charge in [-0.05, 0) is 18.1 Å². The third-order valence-corrected chi connectivity index (χ3v) is 3.91. The predicted molar refractivity (Wildman–Crippen MR) is 71.9 cm³/mol. The van der Waals surface area contributed by atoms with Crippen molar-refractivity contribution in [3.8, 4) is 0 Å². The monoisotopic (exact) mass is 313 g/mol. The molecular weight excluding hydrogens is 303 g/mol. The molecule has 0 aliphatic rings. The highest BCUT2D eigenvalue weighted by molar-refractivity contribution is 7.16. The minimum atomic E-state index is -4.56. The van der Waals surface area contributed by atoms with Crippen LogP contribution in [0.4, 0.5) is 18.9 Å². The number of nitrogens with zero attached hydrogens (tertiary/aromatic N) is 4. The number of hydrogen-bond acceptors (Lipinski definition) is 5. The van der Waals surface area contributed by atoms with Crippen molar-refractivity contribution in [1.82, 2.24) is 19.8 Å². The molecule has 1 aromatic carbocycles. The minimum absolute atomic E-state index is 0.137.